The highest BCUT2D eigenvalue weighted by Crippen LogP contribution is 2.24. The Kier molecular flexibility index (Phi) is 5.72. The van der Waals surface area contributed by atoms with Crippen LogP contribution in [0.4, 0.5) is 0 Å². The van der Waals surface area contributed by atoms with Gasteiger partial charge in [-0.05, 0) is 43.7 Å². The van der Waals surface area contributed by atoms with Gasteiger partial charge in [0.2, 0.25) is 0 Å². The summed E-state index contributed by atoms with van der Waals surface area (Å²) in [5.74, 6) is 1.95. The zero-order chi connectivity index (χ0) is 16.9. The number of halogens is 1. The summed E-state index contributed by atoms with van der Waals surface area (Å²) < 4.78 is 10.8. The van der Waals surface area contributed by atoms with Crippen LogP contribution in [0.3, 0.4) is 0 Å². The number of hydrogen-bond donors (Lipinski definition) is 0. The first-order valence-corrected chi connectivity index (χ1v) is 8.62. The number of benzene rings is 1. The van der Waals surface area contributed by atoms with Gasteiger partial charge in [0.1, 0.15) is 18.1 Å². The Morgan fingerprint density at radius 3 is 2.96 bits per heavy atom. The molecule has 3 rings (SSSR count). The first-order chi connectivity index (χ1) is 11.7. The Balaban J connectivity index is 1.62. The molecule has 0 saturated carbocycles. The number of ketones is 1. The van der Waals surface area contributed by atoms with Crippen LogP contribution in [-0.2, 0) is 17.9 Å². The van der Waals surface area contributed by atoms with Crippen LogP contribution in [0.25, 0.3) is 0 Å². The van der Waals surface area contributed by atoms with Gasteiger partial charge in [-0.1, -0.05) is 23.7 Å². The number of ether oxygens (including phenoxy) is 1. The second kappa shape index (κ2) is 7.97. The van der Waals surface area contributed by atoms with Crippen molar-refractivity contribution in [1.29, 1.82) is 0 Å². The zero-order valence-corrected chi connectivity index (χ0v) is 14.6. The molecule has 0 bridgehead atoms. The van der Waals surface area contributed by atoms with Crippen LogP contribution in [0.5, 0.6) is 0 Å². The zero-order valence-electron chi connectivity index (χ0n) is 13.8. The highest BCUT2D eigenvalue weighted by molar-refractivity contribution is 6.31. The van der Waals surface area contributed by atoms with Crippen LogP contribution in [0, 0.1) is 5.92 Å². The first-order valence-electron chi connectivity index (χ1n) is 8.24. The van der Waals surface area contributed by atoms with E-state index < -0.39 is 0 Å². The molecule has 0 unspecified atom stereocenters. The van der Waals surface area contributed by atoms with Gasteiger partial charge in [0.05, 0.1) is 6.54 Å². The summed E-state index contributed by atoms with van der Waals surface area (Å²) in [4.78, 5) is 15.0. The monoisotopic (exact) mass is 347 g/mol. The Hall–Kier alpha value is -1.62. The molecule has 24 heavy (non-hydrogen) atoms. The number of rotatable bonds is 6. The summed E-state index contributed by atoms with van der Waals surface area (Å²) >= 11 is 6.01. The summed E-state index contributed by atoms with van der Waals surface area (Å²) in [5, 5.41) is 0.606. The fourth-order valence-corrected chi connectivity index (χ4v) is 3.43. The molecule has 1 aliphatic heterocycles. The average molecular weight is 348 g/mol. The molecule has 0 aliphatic carbocycles. The van der Waals surface area contributed by atoms with Crippen LogP contribution in [-0.4, -0.2) is 30.9 Å². The third kappa shape index (κ3) is 4.26. The molecule has 1 aromatic carbocycles. The van der Waals surface area contributed by atoms with Gasteiger partial charge in [0.25, 0.3) is 0 Å². The maximum Gasteiger partial charge on any atom is 0.167 e. The second-order valence-corrected chi connectivity index (χ2v) is 6.69. The van der Waals surface area contributed by atoms with Gasteiger partial charge in [0, 0.05) is 30.2 Å². The van der Waals surface area contributed by atoms with Gasteiger partial charge in [-0.2, -0.15) is 0 Å². The quantitative estimate of drug-likeness (QED) is 0.735. The maximum atomic E-state index is 12.7. The number of likely N-dealkylation sites (tertiary alicyclic amines) is 1. The van der Waals surface area contributed by atoms with Crippen LogP contribution in [0.2, 0.25) is 5.02 Å². The van der Waals surface area contributed by atoms with E-state index in [0.717, 1.165) is 44.0 Å². The lowest BCUT2D eigenvalue weighted by atomic mass is 9.90. The molecule has 1 atom stereocenters. The molecule has 1 fully saturated rings. The molecule has 1 aromatic heterocycles. The van der Waals surface area contributed by atoms with E-state index in [1.165, 1.54) is 0 Å². The van der Waals surface area contributed by atoms with Crippen LogP contribution in [0.1, 0.15) is 34.7 Å². The lowest BCUT2D eigenvalue weighted by Gasteiger charge is -2.31. The normalized spacial score (nSPS) is 18.7. The highest BCUT2D eigenvalue weighted by atomic mass is 35.5. The third-order valence-corrected chi connectivity index (χ3v) is 4.60. The van der Waals surface area contributed by atoms with Crippen molar-refractivity contribution in [3.05, 3.63) is 58.5 Å². The van der Waals surface area contributed by atoms with Crippen LogP contribution < -0.4 is 0 Å². The van der Waals surface area contributed by atoms with E-state index in [2.05, 4.69) is 4.90 Å². The third-order valence-electron chi connectivity index (χ3n) is 4.37. The number of carbonyl (C=O) groups is 1. The van der Waals surface area contributed by atoms with E-state index in [1.54, 1.807) is 19.2 Å². The number of furan rings is 1. The van der Waals surface area contributed by atoms with Crippen molar-refractivity contribution in [2.24, 2.45) is 5.92 Å². The number of piperidine rings is 1. The predicted octanol–water partition coefficient (Wildman–Crippen LogP) is 4.17. The second-order valence-electron chi connectivity index (χ2n) is 6.25. The van der Waals surface area contributed by atoms with E-state index >= 15 is 0 Å². The van der Waals surface area contributed by atoms with Gasteiger partial charge in [-0.15, -0.1) is 0 Å². The molecule has 0 amide bonds. The molecule has 4 nitrogen and oxygen atoms in total. The van der Waals surface area contributed by atoms with Crippen LogP contribution >= 0.6 is 11.6 Å². The number of Topliss-reactive ketones (excluding diaryl/α,β-unsaturated/α-hetero) is 1. The summed E-state index contributed by atoms with van der Waals surface area (Å²) in [7, 11) is 1.65. The van der Waals surface area contributed by atoms with Gasteiger partial charge in [-0.25, -0.2) is 0 Å². The maximum absolute atomic E-state index is 12.7. The van der Waals surface area contributed by atoms with Gasteiger partial charge >= 0.3 is 0 Å². The molecule has 0 N–H and O–H groups in total. The minimum absolute atomic E-state index is 0.0191. The smallest absolute Gasteiger partial charge is 0.167 e. The summed E-state index contributed by atoms with van der Waals surface area (Å²) in [6.07, 6.45) is 1.94. The lowest BCUT2D eigenvalue weighted by Crippen LogP contribution is -2.38. The highest BCUT2D eigenvalue weighted by Gasteiger charge is 2.27. The van der Waals surface area contributed by atoms with Crippen molar-refractivity contribution in [2.45, 2.75) is 26.0 Å². The Labute approximate surface area is 147 Å². The Morgan fingerprint density at radius 2 is 2.17 bits per heavy atom. The van der Waals surface area contributed by atoms with Gasteiger partial charge in [-0.3, -0.25) is 9.69 Å². The fourth-order valence-electron chi connectivity index (χ4n) is 3.24. The summed E-state index contributed by atoms with van der Waals surface area (Å²) in [6, 6.07) is 11.1. The minimum Gasteiger partial charge on any atom is -0.462 e. The average Bonchev–Trinajstić information content (AvgIpc) is 3.02. The molecule has 1 saturated heterocycles. The van der Waals surface area contributed by atoms with Crippen molar-refractivity contribution in [2.75, 3.05) is 20.2 Å². The van der Waals surface area contributed by atoms with Crippen molar-refractivity contribution in [3.8, 4) is 0 Å². The largest absolute Gasteiger partial charge is 0.462 e. The van der Waals surface area contributed by atoms with Crippen molar-refractivity contribution >= 4 is 17.4 Å². The van der Waals surface area contributed by atoms with E-state index in [-0.39, 0.29) is 11.7 Å². The van der Waals surface area contributed by atoms with Crippen molar-refractivity contribution < 1.29 is 13.9 Å². The standard InChI is InChI=1S/C19H22ClNO3/c1-23-13-18-8-7-17(24-18)12-21-9-3-5-15(11-21)19(22)14-4-2-6-16(20)10-14/h2,4,6-8,10,15H,3,5,9,11-13H2,1H3/t15-/m1/s1. The number of hydrogen-bond acceptors (Lipinski definition) is 4. The van der Waals surface area contributed by atoms with Gasteiger partial charge < -0.3 is 9.15 Å². The first kappa shape index (κ1) is 17.2. The van der Waals surface area contributed by atoms with Crippen molar-refractivity contribution in [1.82, 2.24) is 4.90 Å². The fraction of sp³-hybridized carbons (Fsp3) is 0.421. The van der Waals surface area contributed by atoms with Gasteiger partial charge in [0.15, 0.2) is 5.78 Å². The van der Waals surface area contributed by atoms with E-state index in [0.29, 0.717) is 17.2 Å². The predicted molar refractivity (Wildman–Crippen MR) is 93.2 cm³/mol. The molecule has 0 spiro atoms. The van der Waals surface area contributed by atoms with Crippen molar-refractivity contribution in [3.63, 3.8) is 0 Å². The molecular formula is C19H22ClNO3. The molecule has 2 aromatic rings. The SMILES string of the molecule is COCc1ccc(CN2CCC[C@@H](C(=O)c3cccc(Cl)c3)C2)o1. The molecule has 5 heteroatoms. The lowest BCUT2D eigenvalue weighted by molar-refractivity contribution is 0.0800. The van der Waals surface area contributed by atoms with E-state index in [4.69, 9.17) is 20.8 Å². The number of methoxy groups -OCH3 is 1. The molecule has 128 valence electrons. The number of carbonyl (C=O) groups excluding carboxylic acids is 1. The molecular weight excluding hydrogens is 326 g/mol. The summed E-state index contributed by atoms with van der Waals surface area (Å²) in [6.45, 7) is 2.95. The Morgan fingerprint density at radius 1 is 1.33 bits per heavy atom. The molecule has 2 heterocycles. The van der Waals surface area contributed by atoms with E-state index in [1.807, 2.05) is 24.3 Å². The summed E-state index contributed by atoms with van der Waals surface area (Å²) in [5.41, 5.74) is 0.703. The minimum atomic E-state index is 0.0191. The number of nitrogens with zero attached hydrogens (tertiary/aromatic N) is 1. The molecule has 0 radical (unpaired) electrons. The van der Waals surface area contributed by atoms with Crippen LogP contribution in [0.15, 0.2) is 40.8 Å². The Bertz CT molecular complexity index is 697. The topological polar surface area (TPSA) is 42.7 Å². The van der Waals surface area contributed by atoms with E-state index in [9.17, 15) is 4.79 Å². The molecule has 1 aliphatic rings.